The lowest BCUT2D eigenvalue weighted by Crippen LogP contribution is -2.33. The molecule has 3 heterocycles. The number of imide groups is 1. The zero-order valence-corrected chi connectivity index (χ0v) is 14.7. The van der Waals surface area contributed by atoms with Gasteiger partial charge in [0.05, 0.1) is 12.3 Å². The number of hydrogen-bond donors (Lipinski definition) is 0. The minimum Gasteiger partial charge on any atom is -0.447 e. The minimum atomic E-state index is -0.569. The van der Waals surface area contributed by atoms with Crippen molar-refractivity contribution in [1.29, 1.82) is 0 Å². The molecule has 1 saturated heterocycles. The lowest BCUT2D eigenvalue weighted by molar-refractivity contribution is -0.125. The van der Waals surface area contributed by atoms with Gasteiger partial charge in [0.1, 0.15) is 22.8 Å². The number of carbonyl (C=O) groups excluding carboxylic acids is 2. The molecule has 1 aliphatic heterocycles. The highest BCUT2D eigenvalue weighted by molar-refractivity contribution is 8.00. The van der Waals surface area contributed by atoms with E-state index in [0.717, 1.165) is 30.6 Å². The van der Waals surface area contributed by atoms with E-state index in [1.165, 1.54) is 18.1 Å². The minimum absolute atomic E-state index is 0.137. The Morgan fingerprint density at radius 3 is 2.88 bits per heavy atom. The molecule has 1 aliphatic rings. The molecular weight excluding hydrogens is 358 g/mol. The monoisotopic (exact) mass is 371 g/mol. The lowest BCUT2D eigenvalue weighted by atomic mass is 10.2. The third kappa shape index (κ3) is 3.22. The number of rotatable bonds is 4. The quantitative estimate of drug-likeness (QED) is 0.517. The van der Waals surface area contributed by atoms with Crippen LogP contribution in [0.4, 0.5) is 4.79 Å². The predicted molar refractivity (Wildman–Crippen MR) is 96.6 cm³/mol. The Kier molecular flexibility index (Phi) is 4.37. The van der Waals surface area contributed by atoms with E-state index < -0.39 is 6.09 Å². The van der Waals surface area contributed by atoms with Crippen molar-refractivity contribution in [2.75, 3.05) is 18.9 Å². The highest BCUT2D eigenvalue weighted by Crippen LogP contribution is 2.36. The Hall–Kier alpha value is -2.45. The first kappa shape index (κ1) is 16.0. The summed E-state index contributed by atoms with van der Waals surface area (Å²) in [5.74, 6) is -0.129. The smallest absolute Gasteiger partial charge is 0.416 e. The maximum atomic E-state index is 12.2. The Labute approximate surface area is 151 Å². The van der Waals surface area contributed by atoms with E-state index in [9.17, 15) is 9.59 Å². The van der Waals surface area contributed by atoms with Crippen molar-refractivity contribution in [2.45, 2.75) is 5.03 Å². The van der Waals surface area contributed by atoms with Gasteiger partial charge in [-0.3, -0.25) is 4.79 Å². The molecule has 0 aliphatic carbocycles. The van der Waals surface area contributed by atoms with Crippen molar-refractivity contribution in [2.24, 2.45) is 0 Å². The third-order valence-corrected chi connectivity index (χ3v) is 5.83. The molecule has 0 atom stereocenters. The molecule has 1 aromatic carbocycles. The summed E-state index contributed by atoms with van der Waals surface area (Å²) in [6.07, 6.45) is 0.935. The van der Waals surface area contributed by atoms with Crippen LogP contribution in [0.2, 0.25) is 0 Å². The molecule has 3 aromatic rings. The first-order valence-corrected chi connectivity index (χ1v) is 9.42. The number of carbonyl (C=O) groups is 2. The van der Waals surface area contributed by atoms with E-state index in [-0.39, 0.29) is 18.3 Å². The number of amides is 2. The molecule has 0 unspecified atom stereocenters. The number of hydrogen-bond acceptors (Lipinski definition) is 7. The number of benzene rings is 1. The van der Waals surface area contributed by atoms with Crippen LogP contribution in [0, 0.1) is 0 Å². The zero-order valence-electron chi connectivity index (χ0n) is 13.0. The second-order valence-corrected chi connectivity index (χ2v) is 7.32. The van der Waals surface area contributed by atoms with Crippen molar-refractivity contribution in [3.8, 4) is 10.4 Å². The highest BCUT2D eigenvalue weighted by atomic mass is 32.2. The molecule has 1 fully saturated rings. The average Bonchev–Trinajstić information content (AvgIpc) is 3.26. The van der Waals surface area contributed by atoms with Crippen molar-refractivity contribution < 1.29 is 14.3 Å². The van der Waals surface area contributed by atoms with E-state index in [4.69, 9.17) is 4.74 Å². The summed E-state index contributed by atoms with van der Waals surface area (Å²) in [5.41, 5.74) is 1.12. The number of nitrogens with zero attached hydrogens (tertiary/aromatic N) is 3. The van der Waals surface area contributed by atoms with Gasteiger partial charge in [-0.05, 0) is 11.6 Å². The van der Waals surface area contributed by atoms with Crippen LogP contribution in [0.3, 0.4) is 0 Å². The predicted octanol–water partition coefficient (Wildman–Crippen LogP) is 3.43. The second kappa shape index (κ2) is 6.81. The molecule has 0 spiro atoms. The number of fused-ring (bicyclic) bond motifs is 1. The summed E-state index contributed by atoms with van der Waals surface area (Å²) in [4.78, 5) is 35.4. The first-order chi connectivity index (χ1) is 12.2. The zero-order chi connectivity index (χ0) is 17.2. The summed E-state index contributed by atoms with van der Waals surface area (Å²) in [6.45, 7) is 0.575. The van der Waals surface area contributed by atoms with Gasteiger partial charge in [0.15, 0.2) is 0 Å². The van der Waals surface area contributed by atoms with Crippen LogP contribution in [0.25, 0.3) is 20.7 Å². The molecule has 0 N–H and O–H groups in total. The molecule has 0 bridgehead atoms. The highest BCUT2D eigenvalue weighted by Gasteiger charge is 2.28. The fraction of sp³-hybridized carbons (Fsp3) is 0.176. The van der Waals surface area contributed by atoms with Crippen molar-refractivity contribution in [3.63, 3.8) is 0 Å². The fourth-order valence-electron chi connectivity index (χ4n) is 2.52. The lowest BCUT2D eigenvalue weighted by Gasteiger charge is -2.09. The maximum absolute atomic E-state index is 12.2. The van der Waals surface area contributed by atoms with Gasteiger partial charge >= 0.3 is 6.09 Å². The molecule has 8 heteroatoms. The Bertz CT molecular complexity index is 943. The number of ether oxygens (including phenoxy) is 1. The van der Waals surface area contributed by atoms with E-state index in [1.807, 2.05) is 36.4 Å². The Balaban J connectivity index is 1.56. The number of thiophene rings is 1. The van der Waals surface area contributed by atoms with Gasteiger partial charge in [0, 0.05) is 10.3 Å². The molecule has 25 heavy (non-hydrogen) atoms. The van der Waals surface area contributed by atoms with Crippen LogP contribution in [0.15, 0.2) is 47.8 Å². The number of cyclic esters (lactones) is 1. The van der Waals surface area contributed by atoms with Crippen LogP contribution in [0.1, 0.15) is 0 Å². The summed E-state index contributed by atoms with van der Waals surface area (Å²) < 4.78 is 4.79. The molecule has 126 valence electrons. The van der Waals surface area contributed by atoms with Gasteiger partial charge in [-0.1, -0.05) is 42.1 Å². The van der Waals surface area contributed by atoms with Gasteiger partial charge in [0.25, 0.3) is 0 Å². The fourth-order valence-corrected chi connectivity index (χ4v) is 4.44. The van der Waals surface area contributed by atoms with Crippen LogP contribution in [-0.2, 0) is 9.53 Å². The van der Waals surface area contributed by atoms with Crippen molar-refractivity contribution in [3.05, 3.63) is 42.7 Å². The van der Waals surface area contributed by atoms with Crippen molar-refractivity contribution in [1.82, 2.24) is 14.9 Å². The first-order valence-electron chi connectivity index (χ1n) is 7.62. The van der Waals surface area contributed by atoms with Crippen LogP contribution >= 0.6 is 23.1 Å². The molecule has 2 aromatic heterocycles. The SMILES string of the molecule is O=C(CSc1ncnc2sc(-c3ccccc3)cc12)N1CCOC1=O. The van der Waals surface area contributed by atoms with Crippen LogP contribution < -0.4 is 0 Å². The molecule has 0 radical (unpaired) electrons. The average molecular weight is 371 g/mol. The second-order valence-electron chi connectivity index (χ2n) is 5.32. The summed E-state index contributed by atoms with van der Waals surface area (Å²) >= 11 is 2.90. The van der Waals surface area contributed by atoms with E-state index in [2.05, 4.69) is 9.97 Å². The maximum Gasteiger partial charge on any atom is 0.416 e. The molecular formula is C17H13N3O3S2. The van der Waals surface area contributed by atoms with E-state index in [0.29, 0.717) is 6.54 Å². The molecule has 2 amide bonds. The van der Waals surface area contributed by atoms with E-state index >= 15 is 0 Å². The van der Waals surface area contributed by atoms with Gasteiger partial charge in [0.2, 0.25) is 5.91 Å². The van der Waals surface area contributed by atoms with Gasteiger partial charge in [-0.2, -0.15) is 0 Å². The summed E-state index contributed by atoms with van der Waals surface area (Å²) in [7, 11) is 0. The molecule has 0 saturated carbocycles. The Morgan fingerprint density at radius 2 is 2.12 bits per heavy atom. The largest absolute Gasteiger partial charge is 0.447 e. The molecule has 4 rings (SSSR count). The third-order valence-electron chi connectivity index (χ3n) is 3.75. The normalized spacial score (nSPS) is 14.1. The standard InChI is InChI=1S/C17H13N3O3S2/c21-14(20-6-7-23-17(20)22)9-24-15-12-8-13(11-4-2-1-3-5-11)25-16(12)19-10-18-15/h1-5,8,10H,6-7,9H2. The van der Waals surface area contributed by atoms with Gasteiger partial charge < -0.3 is 4.74 Å². The Morgan fingerprint density at radius 1 is 1.28 bits per heavy atom. The summed E-state index contributed by atoms with van der Waals surface area (Å²) in [5, 5.41) is 1.66. The molecule has 6 nitrogen and oxygen atoms in total. The van der Waals surface area contributed by atoms with Crippen LogP contribution in [-0.4, -0.2) is 45.8 Å². The number of aromatic nitrogens is 2. The van der Waals surface area contributed by atoms with Crippen LogP contribution in [0.5, 0.6) is 0 Å². The number of thioether (sulfide) groups is 1. The van der Waals surface area contributed by atoms with Gasteiger partial charge in [-0.25, -0.2) is 19.7 Å². The topological polar surface area (TPSA) is 72.4 Å². The van der Waals surface area contributed by atoms with Gasteiger partial charge in [-0.15, -0.1) is 11.3 Å². The van der Waals surface area contributed by atoms with Crippen molar-refractivity contribution >= 4 is 45.3 Å². The van der Waals surface area contributed by atoms with E-state index in [1.54, 1.807) is 11.3 Å². The summed E-state index contributed by atoms with van der Waals surface area (Å²) in [6, 6.07) is 12.1.